The van der Waals surface area contributed by atoms with Gasteiger partial charge in [0.2, 0.25) is 0 Å². The van der Waals surface area contributed by atoms with E-state index in [1.807, 2.05) is 84.9 Å². The van der Waals surface area contributed by atoms with E-state index in [1.165, 1.54) is 50.1 Å². The van der Waals surface area contributed by atoms with Crippen LogP contribution in [0.2, 0.25) is 0 Å². The Morgan fingerprint density at radius 2 is 1.02 bits per heavy atom. The largest absolute Gasteiger partial charge is 0.449 e. The molecule has 0 atom stereocenters. The highest BCUT2D eigenvalue weighted by Gasteiger charge is 2.46. The molecule has 0 saturated heterocycles. The Labute approximate surface area is 515 Å². The first-order valence-corrected chi connectivity index (χ1v) is 30.2. The smallest absolute Gasteiger partial charge is 0.177 e. The quantitative estimate of drug-likeness (QED) is 0.0730. The number of rotatable bonds is 11. The number of fused-ring (bicyclic) bond motifs is 4. The molecule has 3 aliphatic rings. The maximum absolute atomic E-state index is 7.05. The molecule has 0 spiro atoms. The van der Waals surface area contributed by atoms with Crippen LogP contribution in [0, 0.1) is 19.3 Å². The fourth-order valence-corrected chi connectivity index (χ4v) is 10.8. The fraction of sp³-hybridized carbons (Fsp3) is 0.143. The Hall–Kier alpha value is -9.94. The number of allylic oxidation sites excluding steroid dienone is 14. The monoisotopic (exact) mass is 1120 g/mol. The van der Waals surface area contributed by atoms with E-state index in [0.29, 0.717) is 23.0 Å². The van der Waals surface area contributed by atoms with Crippen LogP contribution in [-0.4, -0.2) is 0 Å². The second-order valence-corrected chi connectivity index (χ2v) is 20.1. The van der Waals surface area contributed by atoms with Crippen molar-refractivity contribution in [3.8, 4) is 57.6 Å². The molecular weight excluding hydrogens is 1040 g/mol. The highest BCUT2D eigenvalue weighted by Crippen LogP contribution is 2.59. The summed E-state index contributed by atoms with van der Waals surface area (Å²) in [4.78, 5) is 0. The lowest BCUT2D eigenvalue weighted by atomic mass is 9.67. The maximum atomic E-state index is 7.05. The van der Waals surface area contributed by atoms with E-state index >= 15 is 0 Å². The molecule has 0 unspecified atom stereocenters. The van der Waals surface area contributed by atoms with Crippen LogP contribution in [0.15, 0.2) is 303 Å². The molecule has 86 heavy (non-hydrogen) atoms. The number of hydrogen-bond donors (Lipinski definition) is 0. The Balaban J connectivity index is 0.000000518. The molecule has 12 rings (SSSR count). The van der Waals surface area contributed by atoms with E-state index in [9.17, 15) is 0 Å². The van der Waals surface area contributed by atoms with Gasteiger partial charge in [-0.15, -0.1) is 12.3 Å². The summed E-state index contributed by atoms with van der Waals surface area (Å²) in [7, 11) is 0. The van der Waals surface area contributed by atoms with Crippen LogP contribution in [0.4, 0.5) is 0 Å². The van der Waals surface area contributed by atoms with Crippen molar-refractivity contribution in [2.75, 3.05) is 0 Å². The lowest BCUT2D eigenvalue weighted by molar-refractivity contribution is 0.359. The molecule has 2 heteroatoms. The molecule has 0 saturated carbocycles. The Morgan fingerprint density at radius 1 is 0.512 bits per heavy atom. The van der Waals surface area contributed by atoms with Crippen molar-refractivity contribution in [2.24, 2.45) is 0 Å². The van der Waals surface area contributed by atoms with E-state index in [1.54, 1.807) is 6.92 Å². The number of ether oxygens (including phenoxy) is 2. The zero-order chi connectivity index (χ0) is 61.1. The zero-order valence-corrected chi connectivity index (χ0v) is 51.7. The summed E-state index contributed by atoms with van der Waals surface area (Å²) in [5, 5.41) is 0. The van der Waals surface area contributed by atoms with Gasteiger partial charge in [0.1, 0.15) is 0 Å². The van der Waals surface area contributed by atoms with Crippen LogP contribution in [0.25, 0.3) is 45.0 Å². The van der Waals surface area contributed by atoms with Crippen molar-refractivity contribution in [1.82, 2.24) is 0 Å². The van der Waals surface area contributed by atoms with Crippen molar-refractivity contribution in [2.45, 2.75) is 80.6 Å². The minimum atomic E-state index is -0.569. The molecule has 9 aromatic rings. The third kappa shape index (κ3) is 15.1. The zero-order valence-electron chi connectivity index (χ0n) is 51.7. The van der Waals surface area contributed by atoms with Gasteiger partial charge in [-0.25, -0.2) is 0 Å². The highest BCUT2D eigenvalue weighted by atomic mass is 16.6. The predicted octanol–water partition coefficient (Wildman–Crippen LogP) is 24.0. The number of para-hydroxylation sites is 1. The molecule has 1 aliphatic heterocycles. The maximum Gasteiger partial charge on any atom is 0.177 e. The summed E-state index contributed by atoms with van der Waals surface area (Å²) in [5.74, 6) is 5.00. The van der Waals surface area contributed by atoms with Crippen LogP contribution in [0.1, 0.15) is 113 Å². The van der Waals surface area contributed by atoms with Crippen LogP contribution >= 0.6 is 0 Å². The SMILES string of the molecule is C#CC.C/C=C\C.C=C(/C=C(/C1=CC=C(c2ccccc2)CC1)c1ccc(-c2ccccc2)cc1)c1ccccc1-c1cccc2c1Oc1ccc3c(c1O2)C=C(/C=C\C=C/C)C3(c1ccccc1)c1ccccc1.CC.CC.Cc1ccccc1. The van der Waals surface area contributed by atoms with Gasteiger partial charge in [0, 0.05) is 11.1 Å². The molecule has 2 aliphatic carbocycles. The third-order valence-electron chi connectivity index (χ3n) is 14.8. The molecule has 9 aromatic carbocycles. The van der Waals surface area contributed by atoms with Crippen LogP contribution in [0.5, 0.6) is 23.0 Å². The van der Waals surface area contributed by atoms with Crippen molar-refractivity contribution in [1.29, 1.82) is 0 Å². The van der Waals surface area contributed by atoms with Crippen molar-refractivity contribution < 1.29 is 9.47 Å². The van der Waals surface area contributed by atoms with Crippen molar-refractivity contribution in [3.63, 3.8) is 0 Å². The molecule has 0 fully saturated rings. The van der Waals surface area contributed by atoms with Crippen molar-refractivity contribution >= 4 is 22.8 Å². The summed E-state index contributed by atoms with van der Waals surface area (Å²) < 4.78 is 14.1. The van der Waals surface area contributed by atoms with Gasteiger partial charge < -0.3 is 9.47 Å². The number of hydrogen-bond acceptors (Lipinski definition) is 2. The number of terminal acetylenes is 1. The molecule has 0 aromatic heterocycles. The molecule has 0 radical (unpaired) electrons. The molecule has 0 N–H and O–H groups in total. The normalized spacial score (nSPS) is 13.1. The average molecular weight is 1120 g/mol. The highest BCUT2D eigenvalue weighted by molar-refractivity contribution is 5.95. The van der Waals surface area contributed by atoms with Crippen LogP contribution in [-0.2, 0) is 5.41 Å². The van der Waals surface area contributed by atoms with E-state index in [0.717, 1.165) is 57.4 Å². The predicted molar refractivity (Wildman–Crippen MR) is 373 cm³/mol. The lowest BCUT2D eigenvalue weighted by Crippen LogP contribution is -2.29. The van der Waals surface area contributed by atoms with E-state index in [4.69, 9.17) is 16.1 Å². The molecular formula is C84H82O2. The second-order valence-electron chi connectivity index (χ2n) is 20.1. The lowest BCUT2D eigenvalue weighted by Gasteiger charge is -2.35. The Bertz CT molecular complexity index is 3840. The minimum Gasteiger partial charge on any atom is -0.449 e. The van der Waals surface area contributed by atoms with Gasteiger partial charge in [0.05, 0.1) is 5.41 Å². The summed E-state index contributed by atoms with van der Waals surface area (Å²) >= 11 is 0. The topological polar surface area (TPSA) is 18.5 Å². The van der Waals surface area contributed by atoms with Gasteiger partial charge in [-0.3, -0.25) is 0 Å². The second kappa shape index (κ2) is 32.8. The molecule has 1 heterocycles. The van der Waals surface area contributed by atoms with Crippen LogP contribution < -0.4 is 9.47 Å². The molecule has 2 nitrogen and oxygen atoms in total. The van der Waals surface area contributed by atoms with Gasteiger partial charge in [-0.05, 0) is 150 Å². The number of aryl methyl sites for hydroxylation is 1. The average Bonchev–Trinajstić information content (AvgIpc) is 1.72. The van der Waals surface area contributed by atoms with Gasteiger partial charge >= 0.3 is 0 Å². The summed E-state index contributed by atoms with van der Waals surface area (Å²) in [6.07, 6.45) is 28.1. The first kappa shape index (κ1) is 63.6. The minimum absolute atomic E-state index is 0.569. The molecule has 430 valence electrons. The van der Waals surface area contributed by atoms with Crippen LogP contribution in [0.3, 0.4) is 0 Å². The van der Waals surface area contributed by atoms with Gasteiger partial charge in [0.25, 0.3) is 0 Å². The van der Waals surface area contributed by atoms with E-state index in [2.05, 4.69) is 274 Å². The number of benzene rings is 9. The van der Waals surface area contributed by atoms with Crippen molar-refractivity contribution in [3.05, 3.63) is 347 Å². The Morgan fingerprint density at radius 3 is 1.57 bits per heavy atom. The first-order valence-electron chi connectivity index (χ1n) is 30.2. The van der Waals surface area contributed by atoms with Gasteiger partial charge in [-0.2, -0.15) is 0 Å². The third-order valence-corrected chi connectivity index (χ3v) is 14.8. The molecule has 0 amide bonds. The van der Waals surface area contributed by atoms with E-state index in [-0.39, 0.29) is 0 Å². The van der Waals surface area contributed by atoms with E-state index < -0.39 is 5.41 Å². The molecule has 0 bridgehead atoms. The fourth-order valence-electron chi connectivity index (χ4n) is 10.8. The van der Waals surface area contributed by atoms with Gasteiger partial charge in [-0.1, -0.05) is 307 Å². The summed E-state index contributed by atoms with van der Waals surface area (Å²) in [6.45, 7) is 22.6. The standard InChI is InChI=1S/C66H50O2.C7H8.C4H8.C3H4.2C2H6/c1-3-4-9-29-55-45-60-61(66(55,53-25-14-7-15-26-53)54-27-16-8-17-28-54)42-43-63-65(60)67-62-33-20-32-58(64(62)68-63)57-31-19-18-30-56(57)46(2)44-59(51-38-34-49(35-39-51)47-21-10-5-11-22-47)52-40-36-50(37-41-52)48-23-12-6-13-24-48;1-7-5-3-2-4-6-7;1-3-4-2;1-3-2;2*1-2/h3-36,38-40,42-45H,2,37,41H2,1H3;2-6H,1H3;3-4H,1-2H3;1H,2H3;2*1-2H3/b4-3-,29-9-,59-44+;;4-3-;;;. The van der Waals surface area contributed by atoms with Gasteiger partial charge in [0.15, 0.2) is 23.0 Å². The Kier molecular flexibility index (Phi) is 24.3. The summed E-state index contributed by atoms with van der Waals surface area (Å²) in [5.41, 5.74) is 19.0. The summed E-state index contributed by atoms with van der Waals surface area (Å²) in [6, 6.07) is 81.1. The first-order chi connectivity index (χ1) is 42.3.